The molecule has 112 valence electrons. The van der Waals surface area contributed by atoms with Gasteiger partial charge in [-0.3, -0.25) is 9.69 Å². The lowest BCUT2D eigenvalue weighted by atomic mass is 10.2. The SMILES string of the molecule is CCCN(CC(=O)O)Cc1ccc(-c2cccc(Br)c2)o1. The van der Waals surface area contributed by atoms with Crippen LogP contribution in [0.2, 0.25) is 0 Å². The summed E-state index contributed by atoms with van der Waals surface area (Å²) in [6, 6.07) is 11.7. The minimum absolute atomic E-state index is 0.0285. The Morgan fingerprint density at radius 2 is 2.14 bits per heavy atom. The number of carbonyl (C=O) groups is 1. The average Bonchev–Trinajstić information content (AvgIpc) is 2.87. The van der Waals surface area contributed by atoms with Gasteiger partial charge < -0.3 is 9.52 Å². The summed E-state index contributed by atoms with van der Waals surface area (Å²) in [5, 5.41) is 8.92. The van der Waals surface area contributed by atoms with Gasteiger partial charge >= 0.3 is 5.97 Å². The number of nitrogens with zero attached hydrogens (tertiary/aromatic N) is 1. The molecule has 0 fully saturated rings. The summed E-state index contributed by atoms with van der Waals surface area (Å²) in [7, 11) is 0. The van der Waals surface area contributed by atoms with E-state index in [2.05, 4.69) is 15.9 Å². The molecule has 1 heterocycles. The lowest BCUT2D eigenvalue weighted by molar-refractivity contribution is -0.138. The lowest BCUT2D eigenvalue weighted by Gasteiger charge is -2.17. The standard InChI is InChI=1S/C16H18BrNO3/c1-2-8-18(11-16(19)20)10-14-6-7-15(21-14)12-4-3-5-13(17)9-12/h3-7,9H,2,8,10-11H2,1H3,(H,19,20). The fourth-order valence-corrected chi connectivity index (χ4v) is 2.60. The number of hydrogen-bond acceptors (Lipinski definition) is 3. The molecule has 2 aromatic rings. The summed E-state index contributed by atoms with van der Waals surface area (Å²) in [6.45, 7) is 3.30. The number of carboxylic acid groups (broad SMARTS) is 1. The molecule has 0 radical (unpaired) electrons. The van der Waals surface area contributed by atoms with Crippen molar-refractivity contribution >= 4 is 21.9 Å². The second kappa shape index (κ2) is 7.43. The van der Waals surface area contributed by atoms with Gasteiger partial charge in [0, 0.05) is 10.0 Å². The van der Waals surface area contributed by atoms with Crippen molar-refractivity contribution in [2.45, 2.75) is 19.9 Å². The maximum atomic E-state index is 10.9. The Morgan fingerprint density at radius 1 is 1.33 bits per heavy atom. The van der Waals surface area contributed by atoms with Crippen molar-refractivity contribution in [3.63, 3.8) is 0 Å². The first-order valence-electron chi connectivity index (χ1n) is 6.87. The van der Waals surface area contributed by atoms with E-state index in [4.69, 9.17) is 9.52 Å². The van der Waals surface area contributed by atoms with Crippen LogP contribution in [0, 0.1) is 0 Å². The molecule has 21 heavy (non-hydrogen) atoms. The van der Waals surface area contributed by atoms with Crippen LogP contribution in [-0.2, 0) is 11.3 Å². The zero-order chi connectivity index (χ0) is 15.2. The van der Waals surface area contributed by atoms with E-state index < -0.39 is 5.97 Å². The van der Waals surface area contributed by atoms with E-state index in [0.717, 1.165) is 34.5 Å². The molecule has 0 aliphatic heterocycles. The van der Waals surface area contributed by atoms with Gasteiger partial charge in [0.2, 0.25) is 0 Å². The predicted molar refractivity (Wildman–Crippen MR) is 85.0 cm³/mol. The molecular weight excluding hydrogens is 334 g/mol. The van der Waals surface area contributed by atoms with E-state index in [1.54, 1.807) is 0 Å². The minimum atomic E-state index is -0.817. The van der Waals surface area contributed by atoms with Gasteiger partial charge in [0.05, 0.1) is 13.1 Å². The predicted octanol–water partition coefficient (Wildman–Crippen LogP) is 4.01. The Hall–Kier alpha value is -1.59. The number of rotatable bonds is 7. The monoisotopic (exact) mass is 351 g/mol. The molecule has 1 N–H and O–H groups in total. The van der Waals surface area contributed by atoms with Crippen LogP contribution in [0.25, 0.3) is 11.3 Å². The Kier molecular flexibility index (Phi) is 5.59. The van der Waals surface area contributed by atoms with Gasteiger partial charge in [-0.15, -0.1) is 0 Å². The number of benzene rings is 1. The second-order valence-corrected chi connectivity index (χ2v) is 5.80. The highest BCUT2D eigenvalue weighted by atomic mass is 79.9. The van der Waals surface area contributed by atoms with Crippen LogP contribution in [0.5, 0.6) is 0 Å². The fourth-order valence-electron chi connectivity index (χ4n) is 2.20. The van der Waals surface area contributed by atoms with E-state index in [0.29, 0.717) is 6.54 Å². The summed E-state index contributed by atoms with van der Waals surface area (Å²) < 4.78 is 6.82. The van der Waals surface area contributed by atoms with Crippen molar-refractivity contribution in [3.05, 3.63) is 46.6 Å². The highest BCUT2D eigenvalue weighted by Gasteiger charge is 2.12. The molecule has 0 saturated heterocycles. The van der Waals surface area contributed by atoms with Crippen LogP contribution >= 0.6 is 15.9 Å². The quantitative estimate of drug-likeness (QED) is 0.818. The summed E-state index contributed by atoms with van der Waals surface area (Å²) in [6.07, 6.45) is 0.909. The Bertz CT molecular complexity index is 609. The van der Waals surface area contributed by atoms with Crippen molar-refractivity contribution in [1.29, 1.82) is 0 Å². The Balaban J connectivity index is 2.10. The number of hydrogen-bond donors (Lipinski definition) is 1. The molecule has 2 rings (SSSR count). The van der Waals surface area contributed by atoms with E-state index in [-0.39, 0.29) is 6.54 Å². The van der Waals surface area contributed by atoms with E-state index in [1.165, 1.54) is 0 Å². The van der Waals surface area contributed by atoms with Gasteiger partial charge in [-0.05, 0) is 37.2 Å². The summed E-state index contributed by atoms with van der Waals surface area (Å²) >= 11 is 3.44. The van der Waals surface area contributed by atoms with Crippen molar-refractivity contribution in [3.8, 4) is 11.3 Å². The van der Waals surface area contributed by atoms with Crippen LogP contribution in [-0.4, -0.2) is 29.1 Å². The molecule has 0 unspecified atom stereocenters. The van der Waals surface area contributed by atoms with Crippen LogP contribution < -0.4 is 0 Å². The molecule has 0 aliphatic rings. The van der Waals surface area contributed by atoms with Crippen LogP contribution in [0.15, 0.2) is 45.3 Å². The molecule has 0 bridgehead atoms. The second-order valence-electron chi connectivity index (χ2n) is 4.88. The summed E-state index contributed by atoms with van der Waals surface area (Å²) in [5.74, 6) is 0.750. The average molecular weight is 352 g/mol. The fraction of sp³-hybridized carbons (Fsp3) is 0.312. The highest BCUT2D eigenvalue weighted by molar-refractivity contribution is 9.10. The molecule has 1 aromatic heterocycles. The van der Waals surface area contributed by atoms with Gasteiger partial charge in [0.1, 0.15) is 11.5 Å². The van der Waals surface area contributed by atoms with Crippen molar-refractivity contribution in [2.75, 3.05) is 13.1 Å². The lowest BCUT2D eigenvalue weighted by Crippen LogP contribution is -2.29. The van der Waals surface area contributed by atoms with E-state index in [1.807, 2.05) is 48.2 Å². The van der Waals surface area contributed by atoms with Gasteiger partial charge in [-0.2, -0.15) is 0 Å². The zero-order valence-electron chi connectivity index (χ0n) is 11.9. The van der Waals surface area contributed by atoms with Crippen molar-refractivity contribution < 1.29 is 14.3 Å². The van der Waals surface area contributed by atoms with Crippen molar-refractivity contribution in [1.82, 2.24) is 4.90 Å². The van der Waals surface area contributed by atoms with E-state index >= 15 is 0 Å². The normalized spacial score (nSPS) is 11.0. The molecule has 0 atom stereocenters. The van der Waals surface area contributed by atoms with Crippen LogP contribution in [0.1, 0.15) is 19.1 Å². The number of aliphatic carboxylic acids is 1. The zero-order valence-corrected chi connectivity index (χ0v) is 13.5. The Labute approximate surface area is 132 Å². The first kappa shape index (κ1) is 15.8. The molecular formula is C16H18BrNO3. The third kappa shape index (κ3) is 4.72. The molecule has 4 nitrogen and oxygen atoms in total. The molecule has 0 amide bonds. The molecule has 1 aromatic carbocycles. The highest BCUT2D eigenvalue weighted by Crippen LogP contribution is 2.25. The van der Waals surface area contributed by atoms with Crippen LogP contribution in [0.4, 0.5) is 0 Å². The first-order valence-corrected chi connectivity index (χ1v) is 7.66. The number of carboxylic acids is 1. The topological polar surface area (TPSA) is 53.7 Å². The minimum Gasteiger partial charge on any atom is -0.480 e. The van der Waals surface area contributed by atoms with Crippen molar-refractivity contribution in [2.24, 2.45) is 0 Å². The van der Waals surface area contributed by atoms with E-state index in [9.17, 15) is 4.79 Å². The van der Waals surface area contributed by atoms with Gasteiger partial charge in [-0.1, -0.05) is 35.0 Å². The Morgan fingerprint density at radius 3 is 2.81 bits per heavy atom. The largest absolute Gasteiger partial charge is 0.480 e. The summed E-state index contributed by atoms with van der Waals surface area (Å²) in [4.78, 5) is 12.7. The maximum Gasteiger partial charge on any atom is 0.317 e. The molecule has 0 spiro atoms. The van der Waals surface area contributed by atoms with Gasteiger partial charge in [0.15, 0.2) is 0 Å². The summed E-state index contributed by atoms with van der Waals surface area (Å²) in [5.41, 5.74) is 0.996. The third-order valence-corrected chi connectivity index (χ3v) is 3.54. The first-order chi connectivity index (χ1) is 10.1. The molecule has 0 aliphatic carbocycles. The number of halogens is 1. The molecule has 0 saturated carbocycles. The smallest absolute Gasteiger partial charge is 0.317 e. The third-order valence-electron chi connectivity index (χ3n) is 3.05. The van der Waals surface area contributed by atoms with Gasteiger partial charge in [0.25, 0.3) is 0 Å². The molecule has 5 heteroatoms. The van der Waals surface area contributed by atoms with Gasteiger partial charge in [-0.25, -0.2) is 0 Å². The van der Waals surface area contributed by atoms with Crippen LogP contribution in [0.3, 0.4) is 0 Å². The maximum absolute atomic E-state index is 10.9. The number of furan rings is 1.